The summed E-state index contributed by atoms with van der Waals surface area (Å²) in [5.74, 6) is -1.73. The molecule has 1 aliphatic rings. The number of aliphatic hydroxyl groups is 2. The molecule has 278 valence electrons. The van der Waals surface area contributed by atoms with Gasteiger partial charge in [-0.15, -0.1) is 0 Å². The fourth-order valence-corrected chi connectivity index (χ4v) is 6.82. The maximum absolute atomic E-state index is 14.0. The molecule has 1 aromatic rings. The van der Waals surface area contributed by atoms with Gasteiger partial charge in [-0.1, -0.05) is 57.5 Å². The SMILES string of the molecule is CCC(C)C(C(CC(=O)N1CCCC1C(OC)C(C)C(=O)NC(CCO)Cc1ccccc1)OC)N(C)C(=O)CNC(=O)C(CO)N(C)C. The van der Waals surface area contributed by atoms with E-state index in [1.165, 1.54) is 7.11 Å². The highest BCUT2D eigenvalue weighted by Gasteiger charge is 2.42. The summed E-state index contributed by atoms with van der Waals surface area (Å²) in [6.07, 6.45) is 2.01. The van der Waals surface area contributed by atoms with Crippen molar-refractivity contribution < 1.29 is 38.9 Å². The molecule has 0 spiro atoms. The van der Waals surface area contributed by atoms with Gasteiger partial charge in [0.2, 0.25) is 23.6 Å². The van der Waals surface area contributed by atoms with Crippen molar-refractivity contribution in [3.8, 4) is 0 Å². The number of aliphatic hydroxyl groups excluding tert-OH is 2. The minimum Gasteiger partial charge on any atom is -0.396 e. The Balaban J connectivity index is 2.15. The van der Waals surface area contributed by atoms with E-state index < -0.39 is 36.1 Å². The number of hydrogen-bond acceptors (Lipinski definition) is 9. The second kappa shape index (κ2) is 21.2. The zero-order chi connectivity index (χ0) is 36.7. The molecule has 1 fully saturated rings. The van der Waals surface area contributed by atoms with Crippen LogP contribution in [0.15, 0.2) is 30.3 Å². The minimum absolute atomic E-state index is 0.0197. The van der Waals surface area contributed by atoms with Crippen LogP contribution in [-0.4, -0.2) is 147 Å². The quantitative estimate of drug-likeness (QED) is 0.148. The molecule has 0 bridgehead atoms. The lowest BCUT2D eigenvalue weighted by atomic mass is 9.90. The third kappa shape index (κ3) is 12.0. The lowest BCUT2D eigenvalue weighted by Gasteiger charge is -2.39. The summed E-state index contributed by atoms with van der Waals surface area (Å²) in [5.41, 5.74) is 1.06. The molecule has 0 radical (unpaired) electrons. The van der Waals surface area contributed by atoms with Gasteiger partial charge in [0.05, 0.1) is 49.8 Å². The molecule has 8 atom stereocenters. The summed E-state index contributed by atoms with van der Waals surface area (Å²) in [7, 11) is 8.08. The first-order valence-electron chi connectivity index (χ1n) is 17.5. The van der Waals surface area contributed by atoms with Gasteiger partial charge in [-0.25, -0.2) is 0 Å². The fraction of sp³-hybridized carbons (Fsp3) is 0.722. The molecule has 0 aromatic heterocycles. The molecule has 1 saturated heterocycles. The minimum atomic E-state index is -0.776. The monoisotopic (exact) mass is 691 g/mol. The standard InChI is InChI=1S/C36H61N5O8/c1-9-24(2)33(40(6)32(45)22-37-36(47)29(23-43)39(4)5)30(48-7)21-31(44)41-18-13-16-28(41)34(49-8)25(3)35(46)38-27(17-19-42)20-26-14-11-10-12-15-26/h10-12,14-15,24-25,27-30,33-34,42-43H,9,13,16-23H2,1-8H3,(H,37,47)(H,38,46). The van der Waals surface area contributed by atoms with E-state index in [-0.39, 0.29) is 61.9 Å². The van der Waals surface area contributed by atoms with E-state index in [0.717, 1.165) is 18.4 Å². The summed E-state index contributed by atoms with van der Waals surface area (Å²) < 4.78 is 11.8. The Hall–Kier alpha value is -3.10. The van der Waals surface area contributed by atoms with E-state index in [4.69, 9.17) is 9.47 Å². The Morgan fingerprint density at radius 3 is 2.24 bits per heavy atom. The van der Waals surface area contributed by atoms with Crippen molar-refractivity contribution in [2.75, 3.05) is 61.7 Å². The number of nitrogens with one attached hydrogen (secondary N) is 2. The zero-order valence-corrected chi connectivity index (χ0v) is 30.8. The van der Waals surface area contributed by atoms with E-state index in [9.17, 15) is 29.4 Å². The maximum atomic E-state index is 14.0. The fourth-order valence-electron chi connectivity index (χ4n) is 6.82. The third-order valence-electron chi connectivity index (χ3n) is 9.97. The number of methoxy groups -OCH3 is 2. The Bertz CT molecular complexity index is 1170. The topological polar surface area (TPSA) is 161 Å². The second-order valence-electron chi connectivity index (χ2n) is 13.4. The van der Waals surface area contributed by atoms with Crippen molar-refractivity contribution in [3.63, 3.8) is 0 Å². The highest BCUT2D eigenvalue weighted by atomic mass is 16.5. The summed E-state index contributed by atoms with van der Waals surface area (Å²) in [4.78, 5) is 58.2. The van der Waals surface area contributed by atoms with Crippen LogP contribution in [0.4, 0.5) is 0 Å². The van der Waals surface area contributed by atoms with E-state index in [2.05, 4.69) is 10.6 Å². The number of carbonyl (C=O) groups excluding carboxylic acids is 4. The van der Waals surface area contributed by atoms with E-state index in [1.54, 1.807) is 49.9 Å². The average molecular weight is 692 g/mol. The number of ether oxygens (including phenoxy) is 2. The third-order valence-corrected chi connectivity index (χ3v) is 9.97. The smallest absolute Gasteiger partial charge is 0.242 e. The van der Waals surface area contributed by atoms with Crippen molar-refractivity contribution in [1.29, 1.82) is 0 Å². The summed E-state index contributed by atoms with van der Waals surface area (Å²) in [5, 5.41) is 24.9. The lowest BCUT2D eigenvalue weighted by molar-refractivity contribution is -0.146. The number of rotatable bonds is 21. The number of likely N-dealkylation sites (N-methyl/N-ethyl adjacent to an activating group) is 2. The van der Waals surface area contributed by atoms with Crippen molar-refractivity contribution >= 4 is 23.6 Å². The molecular weight excluding hydrogens is 630 g/mol. The molecule has 0 saturated carbocycles. The van der Waals surface area contributed by atoms with Crippen LogP contribution >= 0.6 is 0 Å². The number of benzene rings is 1. The first-order valence-corrected chi connectivity index (χ1v) is 17.5. The number of carbonyl (C=O) groups is 4. The van der Waals surface area contributed by atoms with Crippen molar-refractivity contribution in [3.05, 3.63) is 35.9 Å². The predicted octanol–water partition coefficient (Wildman–Crippen LogP) is 1.06. The molecule has 49 heavy (non-hydrogen) atoms. The number of amides is 4. The molecule has 0 aliphatic carbocycles. The zero-order valence-electron chi connectivity index (χ0n) is 30.8. The van der Waals surface area contributed by atoms with E-state index >= 15 is 0 Å². The van der Waals surface area contributed by atoms with Crippen LogP contribution < -0.4 is 10.6 Å². The number of likely N-dealkylation sites (tertiary alicyclic amines) is 1. The highest BCUT2D eigenvalue weighted by molar-refractivity contribution is 5.87. The van der Waals surface area contributed by atoms with Gasteiger partial charge in [-0.2, -0.15) is 0 Å². The summed E-state index contributed by atoms with van der Waals surface area (Å²) in [6.45, 7) is 5.63. The van der Waals surface area contributed by atoms with Gasteiger partial charge in [-0.05, 0) is 51.3 Å². The normalized spacial score (nSPS) is 19.0. The molecule has 4 amide bonds. The van der Waals surface area contributed by atoms with Gasteiger partial charge in [-0.3, -0.25) is 24.1 Å². The molecule has 13 heteroatoms. The maximum Gasteiger partial charge on any atom is 0.242 e. The van der Waals surface area contributed by atoms with Crippen LogP contribution in [0.3, 0.4) is 0 Å². The van der Waals surface area contributed by atoms with Crippen LogP contribution in [0.2, 0.25) is 0 Å². The highest BCUT2D eigenvalue weighted by Crippen LogP contribution is 2.29. The van der Waals surface area contributed by atoms with Crippen LogP contribution in [0, 0.1) is 11.8 Å². The lowest BCUT2D eigenvalue weighted by Crippen LogP contribution is -2.55. The number of hydrogen-bond donors (Lipinski definition) is 4. The average Bonchev–Trinajstić information content (AvgIpc) is 3.57. The molecule has 13 nitrogen and oxygen atoms in total. The molecular formula is C36H61N5O8. The molecule has 1 aliphatic heterocycles. The van der Waals surface area contributed by atoms with Gasteiger partial charge in [0.1, 0.15) is 6.04 Å². The Labute approximate surface area is 292 Å². The van der Waals surface area contributed by atoms with Gasteiger partial charge >= 0.3 is 0 Å². The predicted molar refractivity (Wildman–Crippen MR) is 187 cm³/mol. The molecule has 4 N–H and O–H groups in total. The van der Waals surface area contributed by atoms with Crippen LogP contribution in [-0.2, 0) is 35.1 Å². The van der Waals surface area contributed by atoms with Crippen molar-refractivity contribution in [1.82, 2.24) is 25.3 Å². The second-order valence-corrected chi connectivity index (χ2v) is 13.4. The number of nitrogens with zero attached hydrogens (tertiary/aromatic N) is 3. The first kappa shape index (κ1) is 42.1. The Morgan fingerprint density at radius 2 is 1.69 bits per heavy atom. The van der Waals surface area contributed by atoms with Gasteiger partial charge in [0, 0.05) is 40.5 Å². The van der Waals surface area contributed by atoms with Gasteiger partial charge in [0.15, 0.2) is 0 Å². The molecule has 1 heterocycles. The van der Waals surface area contributed by atoms with Crippen LogP contribution in [0.5, 0.6) is 0 Å². The van der Waals surface area contributed by atoms with Crippen molar-refractivity contribution in [2.45, 2.75) is 95.7 Å². The summed E-state index contributed by atoms with van der Waals surface area (Å²) >= 11 is 0. The largest absolute Gasteiger partial charge is 0.396 e. The summed E-state index contributed by atoms with van der Waals surface area (Å²) in [6, 6.07) is 7.99. The molecule has 1 aromatic carbocycles. The molecule has 8 unspecified atom stereocenters. The van der Waals surface area contributed by atoms with Gasteiger partial charge in [0.25, 0.3) is 0 Å². The van der Waals surface area contributed by atoms with Crippen LogP contribution in [0.1, 0.15) is 58.4 Å². The van der Waals surface area contributed by atoms with E-state index in [0.29, 0.717) is 25.8 Å². The Kier molecular flexibility index (Phi) is 18.2. The van der Waals surface area contributed by atoms with E-state index in [1.807, 2.05) is 44.2 Å². The van der Waals surface area contributed by atoms with Crippen molar-refractivity contribution in [2.24, 2.45) is 11.8 Å². The van der Waals surface area contributed by atoms with Gasteiger partial charge < -0.3 is 40.1 Å². The molecule has 2 rings (SSSR count). The Morgan fingerprint density at radius 1 is 1.02 bits per heavy atom. The van der Waals surface area contributed by atoms with Crippen LogP contribution in [0.25, 0.3) is 0 Å². The first-order chi connectivity index (χ1) is 23.3.